The number of halogens is 3. The number of ether oxygens (including phenoxy) is 2. The van der Waals surface area contributed by atoms with Crippen molar-refractivity contribution in [3.05, 3.63) is 48.3 Å². The normalized spacial score (nSPS) is 18.0. The predicted octanol–water partition coefficient (Wildman–Crippen LogP) is 3.72. The number of carbonyl (C=O) groups excluding carboxylic acids is 1. The third kappa shape index (κ3) is 7.90. The summed E-state index contributed by atoms with van der Waals surface area (Å²) in [6.45, 7) is 5.30. The number of nitriles is 1. The van der Waals surface area contributed by atoms with Crippen LogP contribution in [0.3, 0.4) is 0 Å². The van der Waals surface area contributed by atoms with Crippen molar-refractivity contribution in [1.29, 1.82) is 5.26 Å². The molecule has 1 aromatic carbocycles. The zero-order valence-electron chi connectivity index (χ0n) is 25.8. The lowest BCUT2D eigenvalue weighted by molar-refractivity contribution is -0.150. The number of likely N-dealkylation sites (tertiary alicyclic amines) is 1. The number of aromatic nitrogens is 3. The quantitative estimate of drug-likeness (QED) is 0.348. The van der Waals surface area contributed by atoms with Gasteiger partial charge in [0, 0.05) is 63.2 Å². The van der Waals surface area contributed by atoms with Crippen molar-refractivity contribution in [3.63, 3.8) is 0 Å². The molecule has 2 aromatic heterocycles. The molecule has 46 heavy (non-hydrogen) atoms. The van der Waals surface area contributed by atoms with E-state index in [0.717, 1.165) is 25.3 Å². The first-order valence-corrected chi connectivity index (χ1v) is 14.7. The second kappa shape index (κ2) is 15.3. The van der Waals surface area contributed by atoms with Crippen molar-refractivity contribution in [2.45, 2.75) is 44.4 Å². The minimum Gasteiger partial charge on any atom is -0.489 e. The number of hydrogen-bond donors (Lipinski definition) is 2. The van der Waals surface area contributed by atoms with Gasteiger partial charge in [-0.3, -0.25) is 4.79 Å². The molecule has 5 rings (SSSR count). The number of anilines is 3. The van der Waals surface area contributed by atoms with Crippen LogP contribution in [0.2, 0.25) is 0 Å². The van der Waals surface area contributed by atoms with E-state index < -0.39 is 18.4 Å². The molecule has 0 saturated carbocycles. The number of aliphatic hydroxyl groups is 1. The number of aliphatic hydroxyl groups excluding tert-OH is 1. The van der Waals surface area contributed by atoms with Gasteiger partial charge in [0.15, 0.2) is 6.10 Å². The van der Waals surface area contributed by atoms with Crippen LogP contribution in [0.15, 0.2) is 42.7 Å². The lowest BCUT2D eigenvalue weighted by Gasteiger charge is -2.40. The van der Waals surface area contributed by atoms with Crippen molar-refractivity contribution < 1.29 is 28.2 Å². The van der Waals surface area contributed by atoms with Crippen LogP contribution in [0.25, 0.3) is 11.3 Å². The first-order chi connectivity index (χ1) is 21.7. The van der Waals surface area contributed by atoms with Gasteiger partial charge >= 0.3 is 0 Å². The number of methoxy groups -OCH3 is 1. The summed E-state index contributed by atoms with van der Waals surface area (Å²) in [6, 6.07) is 13.2. The van der Waals surface area contributed by atoms with E-state index in [2.05, 4.69) is 50.1 Å². The van der Waals surface area contributed by atoms with Crippen molar-refractivity contribution in [1.82, 2.24) is 24.8 Å². The van der Waals surface area contributed by atoms with Crippen molar-refractivity contribution in [2.24, 2.45) is 0 Å². The monoisotopic (exact) mass is 658 g/mol. The molecular weight excluding hydrogens is 622 g/mol. The average molecular weight is 659 g/mol. The molecule has 1 amide bonds. The van der Waals surface area contributed by atoms with Crippen LogP contribution in [0, 0.1) is 11.3 Å². The Labute approximate surface area is 272 Å². The van der Waals surface area contributed by atoms with Crippen molar-refractivity contribution >= 4 is 35.6 Å². The first-order valence-electron chi connectivity index (χ1n) is 14.7. The Morgan fingerprint density at radius 3 is 2.54 bits per heavy atom. The number of hydrogen-bond acceptors (Lipinski definition) is 11. The van der Waals surface area contributed by atoms with Crippen LogP contribution in [0.5, 0.6) is 11.6 Å². The second-order valence-electron chi connectivity index (χ2n) is 11.2. The predicted molar refractivity (Wildman–Crippen MR) is 170 cm³/mol. The summed E-state index contributed by atoms with van der Waals surface area (Å²) in [5, 5.41) is 22.4. The smallest absolute Gasteiger partial charge is 0.273 e. The molecule has 246 valence electrons. The molecule has 2 N–H and O–H groups in total. The van der Waals surface area contributed by atoms with Crippen molar-refractivity contribution in [3.8, 4) is 29.0 Å². The fourth-order valence-corrected chi connectivity index (χ4v) is 5.63. The standard InChI is InChI=1S/C31H36F2N8O4.ClH/c1-19-17-39(2)12-13-41(19)24-5-7-26(38-30(24)44-3)37-27-15-23(35-18-36-27)20-4-6-25(21(14-20)16-34)45-22-8-10-40(11-9-22)31(43)28(42)29(32)33;/h4-7,14-15,18-19,22,28-29,42H,8-13,17H2,1-3H3,(H,35,36,37,38);1H/t19-,28-;/m1./s1. The minimum absolute atomic E-state index is 0. The third-order valence-electron chi connectivity index (χ3n) is 8.03. The highest BCUT2D eigenvalue weighted by Crippen LogP contribution is 2.32. The van der Waals surface area contributed by atoms with Crippen LogP contribution in [0.1, 0.15) is 25.3 Å². The number of benzene rings is 1. The average Bonchev–Trinajstić information content (AvgIpc) is 3.05. The molecule has 0 aliphatic carbocycles. The number of rotatable bonds is 9. The Morgan fingerprint density at radius 2 is 1.87 bits per heavy atom. The molecule has 4 heterocycles. The van der Waals surface area contributed by atoms with Crippen LogP contribution in [0.4, 0.5) is 26.1 Å². The molecule has 0 radical (unpaired) electrons. The maximum Gasteiger partial charge on any atom is 0.273 e. The Hall–Kier alpha value is -4.32. The summed E-state index contributed by atoms with van der Waals surface area (Å²) in [6.07, 6.45) is -3.60. The van der Waals surface area contributed by atoms with Gasteiger partial charge in [0.05, 0.1) is 18.4 Å². The Balaban J connectivity index is 0.00000480. The van der Waals surface area contributed by atoms with Gasteiger partial charge < -0.3 is 34.6 Å². The number of piperidine rings is 1. The number of nitrogens with zero attached hydrogens (tertiary/aromatic N) is 7. The van der Waals surface area contributed by atoms with Crippen molar-refractivity contribution in [2.75, 3.05) is 57.1 Å². The van der Waals surface area contributed by atoms with Crippen LogP contribution in [-0.4, -0.2) is 107 Å². The van der Waals surface area contributed by atoms with E-state index in [9.17, 15) is 23.9 Å². The minimum atomic E-state index is -3.13. The Morgan fingerprint density at radius 1 is 1.11 bits per heavy atom. The Bertz CT molecular complexity index is 1550. The van der Waals surface area contributed by atoms with E-state index in [1.165, 1.54) is 11.2 Å². The third-order valence-corrected chi connectivity index (χ3v) is 8.03. The summed E-state index contributed by atoms with van der Waals surface area (Å²) in [4.78, 5) is 31.2. The Kier molecular flexibility index (Phi) is 11.5. The van der Waals surface area contributed by atoms with Crippen LogP contribution < -0.4 is 19.7 Å². The molecule has 2 aliphatic heterocycles. The van der Waals surface area contributed by atoms with E-state index in [1.807, 2.05) is 12.1 Å². The van der Waals surface area contributed by atoms with Gasteiger partial charge in [-0.05, 0) is 44.3 Å². The van der Waals surface area contributed by atoms with Gasteiger partial charge in [0.1, 0.15) is 41.6 Å². The van der Waals surface area contributed by atoms with E-state index in [1.54, 1.807) is 31.4 Å². The molecule has 0 bridgehead atoms. The number of nitrogens with one attached hydrogen (secondary N) is 1. The zero-order valence-corrected chi connectivity index (χ0v) is 26.6. The molecule has 12 nitrogen and oxygen atoms in total. The molecule has 0 spiro atoms. The number of piperazine rings is 1. The van der Waals surface area contributed by atoms with E-state index >= 15 is 0 Å². The lowest BCUT2D eigenvalue weighted by atomic mass is 10.1. The zero-order chi connectivity index (χ0) is 32.1. The highest BCUT2D eigenvalue weighted by atomic mass is 35.5. The molecule has 0 unspecified atom stereocenters. The molecule has 3 aromatic rings. The summed E-state index contributed by atoms with van der Waals surface area (Å²) >= 11 is 0. The summed E-state index contributed by atoms with van der Waals surface area (Å²) in [5.41, 5.74) is 2.49. The molecule has 2 saturated heterocycles. The fraction of sp³-hybridized carbons (Fsp3) is 0.452. The van der Waals surface area contributed by atoms with Gasteiger partial charge in [-0.25, -0.2) is 18.7 Å². The summed E-state index contributed by atoms with van der Waals surface area (Å²) < 4.78 is 37.1. The van der Waals surface area contributed by atoms with Gasteiger partial charge in [-0.2, -0.15) is 10.2 Å². The summed E-state index contributed by atoms with van der Waals surface area (Å²) in [7, 11) is 3.72. The molecule has 2 atom stereocenters. The fourth-order valence-electron chi connectivity index (χ4n) is 5.63. The maximum atomic E-state index is 12.7. The number of likely N-dealkylation sites (N-methyl/N-ethyl adjacent to an activating group) is 1. The van der Waals surface area contributed by atoms with Crippen LogP contribution >= 0.6 is 12.4 Å². The van der Waals surface area contributed by atoms with Gasteiger partial charge in [0.25, 0.3) is 12.3 Å². The van der Waals surface area contributed by atoms with E-state index in [4.69, 9.17) is 9.47 Å². The number of amides is 1. The topological polar surface area (TPSA) is 140 Å². The molecule has 15 heteroatoms. The second-order valence-corrected chi connectivity index (χ2v) is 11.2. The highest BCUT2D eigenvalue weighted by Gasteiger charge is 2.33. The van der Waals surface area contributed by atoms with Crippen LogP contribution in [-0.2, 0) is 4.79 Å². The highest BCUT2D eigenvalue weighted by molar-refractivity contribution is 5.85. The van der Waals surface area contributed by atoms with E-state index in [-0.39, 0.29) is 31.6 Å². The van der Waals surface area contributed by atoms with Gasteiger partial charge in [-0.15, -0.1) is 12.4 Å². The number of alkyl halides is 2. The summed E-state index contributed by atoms with van der Waals surface area (Å²) in [5.74, 6) is 0.962. The molecule has 2 fully saturated rings. The SMILES string of the molecule is COc1nc(Nc2cc(-c3ccc(OC4CCN(C(=O)[C@H](O)C(F)F)CC4)c(C#N)c3)ncn2)ccc1N1CCN(C)C[C@H]1C.Cl. The number of carbonyl (C=O) groups is 1. The van der Waals surface area contributed by atoms with Gasteiger partial charge in [-0.1, -0.05) is 0 Å². The molecular formula is C31H37ClF2N8O4. The lowest BCUT2D eigenvalue weighted by Crippen LogP contribution is -2.50. The number of pyridine rings is 1. The van der Waals surface area contributed by atoms with E-state index in [0.29, 0.717) is 59.0 Å². The first kappa shape index (κ1) is 34.6. The molecule has 2 aliphatic rings. The maximum absolute atomic E-state index is 12.7. The van der Waals surface area contributed by atoms with Gasteiger partial charge in [0.2, 0.25) is 5.88 Å². The largest absolute Gasteiger partial charge is 0.489 e.